The van der Waals surface area contributed by atoms with Crippen molar-refractivity contribution in [2.45, 2.75) is 39.7 Å². The van der Waals surface area contributed by atoms with Gasteiger partial charge in [0.05, 0.1) is 0 Å². The van der Waals surface area contributed by atoms with Crippen LogP contribution in [0.3, 0.4) is 0 Å². The third kappa shape index (κ3) is 3.39. The van der Waals surface area contributed by atoms with E-state index in [1.807, 2.05) is 20.8 Å². The normalized spacial score (nSPS) is 20.3. The van der Waals surface area contributed by atoms with Crippen LogP contribution in [0.25, 0.3) is 0 Å². The van der Waals surface area contributed by atoms with E-state index in [1.165, 1.54) is 6.42 Å². The fourth-order valence-electron chi connectivity index (χ4n) is 2.67. The molecule has 1 aromatic rings. The van der Waals surface area contributed by atoms with E-state index in [9.17, 15) is 4.79 Å². The van der Waals surface area contributed by atoms with Gasteiger partial charge in [0.25, 0.3) is 5.56 Å². The standard InChI is InChI=1S/C15H26N4O/c1-5-18-8-6-12(11-18)10-17-13-14(20)19(9-7-16-13)15(2,3)4/h7,9,12H,5-6,8,10-11H2,1-4H3,(H,16,17). The van der Waals surface area contributed by atoms with Gasteiger partial charge < -0.3 is 14.8 Å². The highest BCUT2D eigenvalue weighted by molar-refractivity contribution is 5.31. The Morgan fingerprint density at radius 3 is 2.80 bits per heavy atom. The monoisotopic (exact) mass is 278 g/mol. The quantitative estimate of drug-likeness (QED) is 0.911. The molecule has 1 atom stereocenters. The van der Waals surface area contributed by atoms with Crippen LogP contribution in [-0.2, 0) is 5.54 Å². The fourth-order valence-corrected chi connectivity index (χ4v) is 2.67. The molecule has 1 aliphatic heterocycles. The molecule has 20 heavy (non-hydrogen) atoms. The minimum atomic E-state index is -0.219. The second kappa shape index (κ2) is 5.95. The van der Waals surface area contributed by atoms with Gasteiger partial charge in [-0.2, -0.15) is 0 Å². The number of anilines is 1. The van der Waals surface area contributed by atoms with Crippen LogP contribution in [0.1, 0.15) is 34.1 Å². The molecule has 1 aromatic heterocycles. The van der Waals surface area contributed by atoms with Crippen LogP contribution in [0.2, 0.25) is 0 Å². The lowest BCUT2D eigenvalue weighted by Gasteiger charge is -2.22. The first-order valence-electron chi connectivity index (χ1n) is 7.46. The van der Waals surface area contributed by atoms with E-state index >= 15 is 0 Å². The molecule has 0 radical (unpaired) electrons. The Morgan fingerprint density at radius 1 is 1.45 bits per heavy atom. The molecular formula is C15H26N4O. The van der Waals surface area contributed by atoms with E-state index in [2.05, 4.69) is 22.1 Å². The van der Waals surface area contributed by atoms with E-state index in [4.69, 9.17) is 0 Å². The van der Waals surface area contributed by atoms with Gasteiger partial charge in [0.15, 0.2) is 5.82 Å². The van der Waals surface area contributed by atoms with Gasteiger partial charge in [0.2, 0.25) is 0 Å². The zero-order valence-corrected chi connectivity index (χ0v) is 13.0. The minimum absolute atomic E-state index is 0.0367. The zero-order chi connectivity index (χ0) is 14.8. The van der Waals surface area contributed by atoms with E-state index in [0.29, 0.717) is 11.7 Å². The van der Waals surface area contributed by atoms with Gasteiger partial charge in [-0.25, -0.2) is 4.98 Å². The Balaban J connectivity index is 2.02. The third-order valence-corrected chi connectivity index (χ3v) is 3.94. The number of nitrogens with one attached hydrogen (secondary N) is 1. The first kappa shape index (κ1) is 15.0. The van der Waals surface area contributed by atoms with Crippen LogP contribution >= 0.6 is 0 Å². The summed E-state index contributed by atoms with van der Waals surface area (Å²) < 4.78 is 1.73. The van der Waals surface area contributed by atoms with Crippen LogP contribution in [0, 0.1) is 5.92 Å². The molecule has 2 heterocycles. The number of nitrogens with zero attached hydrogens (tertiary/aromatic N) is 3. The van der Waals surface area contributed by atoms with Gasteiger partial charge in [-0.15, -0.1) is 0 Å². The molecule has 1 fully saturated rings. The molecule has 1 N–H and O–H groups in total. The van der Waals surface area contributed by atoms with E-state index < -0.39 is 0 Å². The molecule has 1 saturated heterocycles. The molecule has 0 amide bonds. The highest BCUT2D eigenvalue weighted by atomic mass is 16.1. The summed E-state index contributed by atoms with van der Waals surface area (Å²) in [5, 5.41) is 3.24. The zero-order valence-electron chi connectivity index (χ0n) is 13.0. The summed E-state index contributed by atoms with van der Waals surface area (Å²) in [6.45, 7) is 12.5. The van der Waals surface area contributed by atoms with Gasteiger partial charge in [0.1, 0.15) is 0 Å². The molecule has 5 nitrogen and oxygen atoms in total. The number of aromatic nitrogens is 2. The number of rotatable bonds is 4. The van der Waals surface area contributed by atoms with E-state index in [1.54, 1.807) is 17.0 Å². The lowest BCUT2D eigenvalue weighted by Crippen LogP contribution is -2.35. The van der Waals surface area contributed by atoms with Crippen molar-refractivity contribution >= 4 is 5.82 Å². The first-order chi connectivity index (χ1) is 9.41. The number of hydrogen-bond acceptors (Lipinski definition) is 4. The summed E-state index contributed by atoms with van der Waals surface area (Å²) in [6, 6.07) is 0. The van der Waals surface area contributed by atoms with Crippen molar-refractivity contribution in [2.75, 3.05) is 31.5 Å². The van der Waals surface area contributed by atoms with Gasteiger partial charge in [-0.3, -0.25) is 4.79 Å². The van der Waals surface area contributed by atoms with Crippen molar-refractivity contribution in [1.82, 2.24) is 14.5 Å². The maximum Gasteiger partial charge on any atom is 0.293 e. The molecule has 1 unspecified atom stereocenters. The molecular weight excluding hydrogens is 252 g/mol. The van der Waals surface area contributed by atoms with Crippen molar-refractivity contribution in [3.05, 3.63) is 22.7 Å². The van der Waals surface area contributed by atoms with Crippen molar-refractivity contribution in [3.8, 4) is 0 Å². The Hall–Kier alpha value is -1.36. The predicted octanol–water partition coefficient (Wildman–Crippen LogP) is 1.75. The van der Waals surface area contributed by atoms with E-state index in [0.717, 1.165) is 26.2 Å². The van der Waals surface area contributed by atoms with Gasteiger partial charge >= 0.3 is 0 Å². The van der Waals surface area contributed by atoms with Crippen LogP contribution in [0.4, 0.5) is 5.82 Å². The molecule has 5 heteroatoms. The van der Waals surface area contributed by atoms with Crippen LogP contribution in [-0.4, -0.2) is 40.6 Å². The maximum absolute atomic E-state index is 12.4. The molecule has 112 valence electrons. The second-order valence-corrected chi connectivity index (χ2v) is 6.55. The minimum Gasteiger partial charge on any atom is -0.365 e. The molecule has 1 aliphatic rings. The van der Waals surface area contributed by atoms with Gasteiger partial charge in [-0.1, -0.05) is 6.92 Å². The second-order valence-electron chi connectivity index (χ2n) is 6.55. The fraction of sp³-hybridized carbons (Fsp3) is 0.733. The van der Waals surface area contributed by atoms with Crippen LogP contribution in [0.15, 0.2) is 17.2 Å². The Bertz CT molecular complexity index is 503. The number of likely N-dealkylation sites (tertiary alicyclic amines) is 1. The highest BCUT2D eigenvalue weighted by Crippen LogP contribution is 2.16. The topological polar surface area (TPSA) is 50.2 Å². The van der Waals surface area contributed by atoms with Crippen molar-refractivity contribution in [3.63, 3.8) is 0 Å². The van der Waals surface area contributed by atoms with Crippen molar-refractivity contribution in [1.29, 1.82) is 0 Å². The molecule has 0 saturated carbocycles. The predicted molar refractivity (Wildman–Crippen MR) is 82.2 cm³/mol. The summed E-state index contributed by atoms with van der Waals surface area (Å²) in [7, 11) is 0. The maximum atomic E-state index is 12.4. The number of hydrogen-bond donors (Lipinski definition) is 1. The summed E-state index contributed by atoms with van der Waals surface area (Å²) in [5.41, 5.74) is -0.256. The lowest BCUT2D eigenvalue weighted by atomic mass is 10.1. The Labute approximate surface area is 121 Å². The van der Waals surface area contributed by atoms with Crippen LogP contribution in [0.5, 0.6) is 0 Å². The first-order valence-corrected chi connectivity index (χ1v) is 7.46. The van der Waals surface area contributed by atoms with E-state index in [-0.39, 0.29) is 11.1 Å². The average molecular weight is 278 g/mol. The third-order valence-electron chi connectivity index (χ3n) is 3.94. The Morgan fingerprint density at radius 2 is 2.20 bits per heavy atom. The SMILES string of the molecule is CCN1CCC(CNc2nccn(C(C)(C)C)c2=O)C1. The van der Waals surface area contributed by atoms with Crippen LogP contribution < -0.4 is 10.9 Å². The summed E-state index contributed by atoms with van der Waals surface area (Å²) in [4.78, 5) is 19.0. The smallest absolute Gasteiger partial charge is 0.293 e. The van der Waals surface area contributed by atoms with Crippen molar-refractivity contribution < 1.29 is 0 Å². The molecule has 0 bridgehead atoms. The molecule has 2 rings (SSSR count). The van der Waals surface area contributed by atoms with Crippen molar-refractivity contribution in [2.24, 2.45) is 5.92 Å². The Kier molecular flexibility index (Phi) is 4.48. The average Bonchev–Trinajstić information content (AvgIpc) is 2.84. The highest BCUT2D eigenvalue weighted by Gasteiger charge is 2.22. The summed E-state index contributed by atoms with van der Waals surface area (Å²) >= 11 is 0. The molecule has 0 aliphatic carbocycles. The molecule has 0 aromatic carbocycles. The molecule has 0 spiro atoms. The summed E-state index contributed by atoms with van der Waals surface area (Å²) in [5.74, 6) is 1.08. The summed E-state index contributed by atoms with van der Waals surface area (Å²) in [6.07, 6.45) is 4.64. The van der Waals surface area contributed by atoms with Gasteiger partial charge in [0, 0.05) is 31.0 Å². The largest absolute Gasteiger partial charge is 0.365 e. The van der Waals surface area contributed by atoms with Gasteiger partial charge in [-0.05, 0) is 46.2 Å². The lowest BCUT2D eigenvalue weighted by molar-refractivity contribution is 0.344.